The number of nitrogens with zero attached hydrogens (tertiary/aromatic N) is 2. The number of quaternary nitrogens is 1. The van der Waals surface area contributed by atoms with Crippen LogP contribution >= 0.6 is 0 Å². The van der Waals surface area contributed by atoms with Crippen molar-refractivity contribution in [1.29, 1.82) is 5.41 Å². The summed E-state index contributed by atoms with van der Waals surface area (Å²) < 4.78 is 44.8. The topological polar surface area (TPSA) is 91.8 Å². The Morgan fingerprint density at radius 1 is 1.38 bits per heavy atom. The molecule has 2 atom stereocenters. The Bertz CT molecular complexity index is 893. The SMILES string of the molecule is COCCN1CC2(CC3C(C2)C3C(=CC(=N)c2cnc(N)c(C(F)(F)F)c2)[NH2+]C(C)C)C1. The van der Waals surface area contributed by atoms with Gasteiger partial charge in [-0.1, -0.05) is 0 Å². The van der Waals surface area contributed by atoms with Crippen molar-refractivity contribution in [3.05, 3.63) is 35.2 Å². The van der Waals surface area contributed by atoms with Gasteiger partial charge in [0.1, 0.15) is 11.5 Å². The average Bonchev–Trinajstić information content (AvgIpc) is 3.18. The number of ether oxygens (including phenoxy) is 1. The first-order valence-corrected chi connectivity index (χ1v) is 11.2. The minimum atomic E-state index is -4.59. The van der Waals surface area contributed by atoms with Crippen molar-refractivity contribution in [2.45, 2.75) is 38.9 Å². The molecule has 1 saturated heterocycles. The highest BCUT2D eigenvalue weighted by Crippen LogP contribution is 2.67. The van der Waals surface area contributed by atoms with E-state index in [2.05, 4.69) is 29.0 Å². The van der Waals surface area contributed by atoms with Crippen molar-refractivity contribution in [1.82, 2.24) is 9.88 Å². The quantitative estimate of drug-likeness (QED) is 0.529. The normalized spacial score (nSPS) is 27.0. The fourth-order valence-electron chi connectivity index (χ4n) is 5.86. The van der Waals surface area contributed by atoms with Gasteiger partial charge in [-0.3, -0.25) is 10.3 Å². The fourth-order valence-corrected chi connectivity index (χ4v) is 5.86. The summed E-state index contributed by atoms with van der Waals surface area (Å²) in [6.45, 7) is 8.19. The molecule has 2 heterocycles. The molecule has 9 heteroatoms. The zero-order valence-electron chi connectivity index (χ0n) is 18.9. The fraction of sp³-hybridized carbons (Fsp3) is 0.652. The van der Waals surface area contributed by atoms with Crippen LogP contribution in [0.3, 0.4) is 0 Å². The van der Waals surface area contributed by atoms with E-state index in [0.717, 1.165) is 38.0 Å². The molecule has 1 spiro atoms. The number of nitrogen functional groups attached to an aromatic ring is 1. The van der Waals surface area contributed by atoms with Crippen LogP contribution < -0.4 is 11.1 Å². The maximum Gasteiger partial charge on any atom is 0.419 e. The number of hydrogen-bond acceptors (Lipinski definition) is 5. The number of likely N-dealkylation sites (tertiary alicyclic amines) is 1. The Hall–Kier alpha value is -1.97. The highest BCUT2D eigenvalue weighted by Gasteiger charge is 2.66. The van der Waals surface area contributed by atoms with E-state index in [0.29, 0.717) is 29.2 Å². The van der Waals surface area contributed by atoms with E-state index < -0.39 is 17.6 Å². The lowest BCUT2D eigenvalue weighted by molar-refractivity contribution is -0.640. The van der Waals surface area contributed by atoms with Gasteiger partial charge in [0.05, 0.1) is 23.9 Å². The van der Waals surface area contributed by atoms with Crippen LogP contribution in [0.1, 0.15) is 37.8 Å². The van der Waals surface area contributed by atoms with Gasteiger partial charge < -0.3 is 15.8 Å². The number of fused-ring (bicyclic) bond motifs is 1. The van der Waals surface area contributed by atoms with E-state index in [-0.39, 0.29) is 11.3 Å². The summed E-state index contributed by atoms with van der Waals surface area (Å²) in [5.41, 5.74) is 6.11. The van der Waals surface area contributed by atoms with Crippen LogP contribution in [0.2, 0.25) is 0 Å². The number of aromatic nitrogens is 1. The maximum atomic E-state index is 13.2. The van der Waals surface area contributed by atoms with Crippen molar-refractivity contribution < 1.29 is 23.2 Å². The van der Waals surface area contributed by atoms with E-state index in [4.69, 9.17) is 15.9 Å². The molecule has 3 aliphatic rings. The summed E-state index contributed by atoms with van der Waals surface area (Å²) in [5, 5.41) is 10.6. The molecule has 0 amide bonds. The van der Waals surface area contributed by atoms with Crippen molar-refractivity contribution in [2.24, 2.45) is 23.2 Å². The lowest BCUT2D eigenvalue weighted by Crippen LogP contribution is -2.87. The molecule has 4 rings (SSSR count). The molecule has 1 aromatic rings. The number of allylic oxidation sites excluding steroid dienone is 2. The van der Waals surface area contributed by atoms with E-state index >= 15 is 0 Å². The van der Waals surface area contributed by atoms with Gasteiger partial charge in [0, 0.05) is 50.5 Å². The van der Waals surface area contributed by atoms with Gasteiger partial charge in [0.25, 0.3) is 0 Å². The monoisotopic (exact) mass is 452 g/mol. The Balaban J connectivity index is 1.45. The third-order valence-electron chi connectivity index (χ3n) is 7.16. The highest BCUT2D eigenvalue weighted by molar-refractivity contribution is 6.06. The second-order valence-corrected chi connectivity index (χ2v) is 10.1. The second kappa shape index (κ2) is 8.43. The Morgan fingerprint density at radius 3 is 2.59 bits per heavy atom. The zero-order chi connectivity index (χ0) is 23.3. The summed E-state index contributed by atoms with van der Waals surface area (Å²) in [4.78, 5) is 6.13. The summed E-state index contributed by atoms with van der Waals surface area (Å²) in [7, 11) is 1.73. The zero-order valence-corrected chi connectivity index (χ0v) is 18.9. The van der Waals surface area contributed by atoms with Gasteiger partial charge in [-0.25, -0.2) is 4.98 Å². The molecule has 0 radical (unpaired) electrons. The Kier molecular flexibility index (Phi) is 6.11. The van der Waals surface area contributed by atoms with Crippen LogP contribution in [0.15, 0.2) is 24.0 Å². The molecule has 176 valence electrons. The van der Waals surface area contributed by atoms with Crippen molar-refractivity contribution in [3.8, 4) is 0 Å². The van der Waals surface area contributed by atoms with Crippen LogP contribution in [-0.2, 0) is 10.9 Å². The molecule has 1 aromatic heterocycles. The number of hydrogen-bond donors (Lipinski definition) is 3. The van der Waals surface area contributed by atoms with Crippen LogP contribution in [0.4, 0.5) is 19.0 Å². The van der Waals surface area contributed by atoms with Crippen molar-refractivity contribution >= 4 is 11.5 Å². The molecule has 2 unspecified atom stereocenters. The van der Waals surface area contributed by atoms with Crippen molar-refractivity contribution in [3.63, 3.8) is 0 Å². The first kappa shape index (κ1) is 23.2. The molecule has 6 nitrogen and oxygen atoms in total. The third-order valence-corrected chi connectivity index (χ3v) is 7.16. The first-order chi connectivity index (χ1) is 15.0. The van der Waals surface area contributed by atoms with Gasteiger partial charge in [0.2, 0.25) is 0 Å². The van der Waals surface area contributed by atoms with Gasteiger partial charge in [0.15, 0.2) is 0 Å². The maximum absolute atomic E-state index is 13.2. The molecule has 0 bridgehead atoms. The minimum absolute atomic E-state index is 0.0453. The Labute approximate surface area is 186 Å². The van der Waals surface area contributed by atoms with Gasteiger partial charge in [-0.2, -0.15) is 13.2 Å². The van der Waals surface area contributed by atoms with Gasteiger partial charge in [-0.15, -0.1) is 0 Å². The molecular formula is C23H33F3N5O+. The highest BCUT2D eigenvalue weighted by atomic mass is 19.4. The molecule has 32 heavy (non-hydrogen) atoms. The summed E-state index contributed by atoms with van der Waals surface area (Å²) in [6, 6.07) is 1.23. The molecule has 2 saturated carbocycles. The molecule has 0 aromatic carbocycles. The molecule has 3 fully saturated rings. The minimum Gasteiger partial charge on any atom is -0.383 e. The molecule has 1 aliphatic heterocycles. The standard InChI is InChI=1S/C23H32F3N5O/c1-13(2)30-19(7-18(27)14-6-17(23(24,25)26)21(28)29-10-14)20-15-8-22(9-16(15)20)11-31(12-22)4-5-32-3/h6-7,10,13,15-16,20,27,30H,4-5,8-9,11-12H2,1-3H3,(H2,28,29)/p+1. The number of methoxy groups -OCH3 is 1. The predicted octanol–water partition coefficient (Wildman–Crippen LogP) is 2.51. The average molecular weight is 453 g/mol. The lowest BCUT2D eigenvalue weighted by atomic mass is 9.74. The number of rotatable bonds is 8. The summed E-state index contributed by atoms with van der Waals surface area (Å²) in [6.07, 6.45) is 0.802. The van der Waals surface area contributed by atoms with Crippen LogP contribution in [0, 0.1) is 28.6 Å². The van der Waals surface area contributed by atoms with E-state index in [9.17, 15) is 13.2 Å². The predicted molar refractivity (Wildman–Crippen MR) is 116 cm³/mol. The van der Waals surface area contributed by atoms with E-state index in [1.165, 1.54) is 19.0 Å². The number of nitrogens with two attached hydrogens (primary N) is 2. The van der Waals surface area contributed by atoms with E-state index in [1.807, 2.05) is 0 Å². The van der Waals surface area contributed by atoms with E-state index in [1.54, 1.807) is 13.2 Å². The lowest BCUT2D eigenvalue weighted by Gasteiger charge is -2.49. The van der Waals surface area contributed by atoms with Crippen LogP contribution in [-0.4, -0.2) is 55.0 Å². The van der Waals surface area contributed by atoms with Gasteiger partial charge >= 0.3 is 6.18 Å². The summed E-state index contributed by atoms with van der Waals surface area (Å²) in [5.74, 6) is 1.07. The Morgan fingerprint density at radius 2 is 2.03 bits per heavy atom. The second-order valence-electron chi connectivity index (χ2n) is 10.1. The number of anilines is 1. The smallest absolute Gasteiger partial charge is 0.383 e. The number of alkyl halides is 3. The van der Waals surface area contributed by atoms with Crippen molar-refractivity contribution in [2.75, 3.05) is 39.1 Å². The first-order valence-electron chi connectivity index (χ1n) is 11.2. The van der Waals surface area contributed by atoms with Crippen LogP contribution in [0.25, 0.3) is 0 Å². The number of halogens is 3. The summed E-state index contributed by atoms with van der Waals surface area (Å²) >= 11 is 0. The molecule has 2 aliphatic carbocycles. The molecular weight excluding hydrogens is 419 g/mol. The number of nitrogens with one attached hydrogen (secondary N) is 1. The van der Waals surface area contributed by atoms with Crippen LogP contribution in [0.5, 0.6) is 0 Å². The molecule has 5 N–H and O–H groups in total. The van der Waals surface area contributed by atoms with Gasteiger partial charge in [-0.05, 0) is 50.0 Å². The third kappa shape index (κ3) is 4.56. The number of pyridine rings is 1. The largest absolute Gasteiger partial charge is 0.419 e.